The third-order valence-electron chi connectivity index (χ3n) is 3.49. The first-order chi connectivity index (χ1) is 10.1. The van der Waals surface area contributed by atoms with Gasteiger partial charge in [0.05, 0.1) is 5.60 Å². The maximum Gasteiger partial charge on any atom is 0.431 e. The van der Waals surface area contributed by atoms with Crippen LogP contribution in [0.15, 0.2) is 24.3 Å². The Morgan fingerprint density at radius 2 is 1.26 bits per heavy atom. The highest BCUT2D eigenvalue weighted by atomic mass is 19.4. The molecule has 0 bridgehead atoms. The summed E-state index contributed by atoms with van der Waals surface area (Å²) in [5.41, 5.74) is -7.81. The third-order valence-corrected chi connectivity index (χ3v) is 3.49. The summed E-state index contributed by atoms with van der Waals surface area (Å²) in [6.45, 7) is 0.712. The molecule has 2 nitrogen and oxygen atoms in total. The quantitative estimate of drug-likeness (QED) is 0.826. The molecule has 0 amide bonds. The number of aliphatic hydroxyl groups is 1. The molecular formula is C14H16F7NO. The van der Waals surface area contributed by atoms with Crippen LogP contribution in [0, 0.1) is 0 Å². The van der Waals surface area contributed by atoms with Crippen LogP contribution in [0.1, 0.15) is 18.9 Å². The van der Waals surface area contributed by atoms with Crippen molar-refractivity contribution in [2.24, 2.45) is 0 Å². The van der Waals surface area contributed by atoms with E-state index in [2.05, 4.69) is 0 Å². The molecule has 132 valence electrons. The SMILES string of the molecule is CN(C)c1ccc(C(C)(O)CC(F)(C(F)(F)F)C(F)(F)F)cc1. The van der Waals surface area contributed by atoms with Crippen LogP contribution in [-0.2, 0) is 5.60 Å². The molecule has 0 saturated carbocycles. The molecule has 1 atom stereocenters. The third kappa shape index (κ3) is 3.88. The lowest BCUT2D eigenvalue weighted by Gasteiger charge is -2.36. The van der Waals surface area contributed by atoms with Crippen molar-refractivity contribution in [2.75, 3.05) is 19.0 Å². The van der Waals surface area contributed by atoms with Crippen LogP contribution in [0.5, 0.6) is 0 Å². The second kappa shape index (κ2) is 5.85. The molecule has 0 heterocycles. The summed E-state index contributed by atoms with van der Waals surface area (Å²) < 4.78 is 89.4. The number of anilines is 1. The highest BCUT2D eigenvalue weighted by Crippen LogP contribution is 2.51. The van der Waals surface area contributed by atoms with Crippen molar-refractivity contribution >= 4 is 5.69 Å². The van der Waals surface area contributed by atoms with Gasteiger partial charge >= 0.3 is 18.0 Å². The van der Waals surface area contributed by atoms with Crippen molar-refractivity contribution in [2.45, 2.75) is 37.0 Å². The fourth-order valence-corrected chi connectivity index (χ4v) is 2.06. The van der Waals surface area contributed by atoms with Crippen LogP contribution in [0.4, 0.5) is 36.4 Å². The van der Waals surface area contributed by atoms with Gasteiger partial charge in [-0.15, -0.1) is 0 Å². The van der Waals surface area contributed by atoms with E-state index in [1.807, 2.05) is 0 Å². The Morgan fingerprint density at radius 3 is 1.57 bits per heavy atom. The molecule has 23 heavy (non-hydrogen) atoms. The number of hydrogen-bond donors (Lipinski definition) is 1. The molecular weight excluding hydrogens is 331 g/mol. The van der Waals surface area contributed by atoms with Crippen LogP contribution >= 0.6 is 0 Å². The molecule has 0 aliphatic rings. The fraction of sp³-hybridized carbons (Fsp3) is 0.571. The molecule has 1 aromatic carbocycles. The summed E-state index contributed by atoms with van der Waals surface area (Å²) >= 11 is 0. The Balaban J connectivity index is 3.21. The van der Waals surface area contributed by atoms with Gasteiger partial charge in [0.2, 0.25) is 0 Å². The smallest absolute Gasteiger partial charge is 0.385 e. The molecule has 0 aliphatic heterocycles. The Labute approximate surface area is 128 Å². The van der Waals surface area contributed by atoms with Gasteiger partial charge in [-0.05, 0) is 24.6 Å². The van der Waals surface area contributed by atoms with E-state index in [9.17, 15) is 35.8 Å². The van der Waals surface area contributed by atoms with Crippen molar-refractivity contribution < 1.29 is 35.8 Å². The van der Waals surface area contributed by atoms with Gasteiger partial charge in [-0.1, -0.05) is 12.1 Å². The molecule has 1 N–H and O–H groups in total. The zero-order chi connectivity index (χ0) is 18.3. The normalized spacial score (nSPS) is 16.1. The number of hydrogen-bond acceptors (Lipinski definition) is 2. The number of halogens is 7. The van der Waals surface area contributed by atoms with E-state index < -0.39 is 30.0 Å². The van der Waals surface area contributed by atoms with Gasteiger partial charge in [0, 0.05) is 26.2 Å². The molecule has 9 heteroatoms. The van der Waals surface area contributed by atoms with Crippen molar-refractivity contribution in [1.82, 2.24) is 0 Å². The van der Waals surface area contributed by atoms with E-state index in [0.29, 0.717) is 12.6 Å². The van der Waals surface area contributed by atoms with E-state index in [0.717, 1.165) is 12.1 Å². The van der Waals surface area contributed by atoms with Crippen LogP contribution in [0.2, 0.25) is 0 Å². The van der Waals surface area contributed by atoms with Crippen molar-refractivity contribution in [3.63, 3.8) is 0 Å². The lowest BCUT2D eigenvalue weighted by Crippen LogP contribution is -2.56. The minimum Gasteiger partial charge on any atom is -0.385 e. The molecule has 0 aromatic heterocycles. The summed E-state index contributed by atoms with van der Waals surface area (Å²) in [5, 5.41) is 10.0. The predicted octanol–water partition coefficient (Wildman–Crippen LogP) is 4.18. The van der Waals surface area contributed by atoms with Crippen molar-refractivity contribution in [3.05, 3.63) is 29.8 Å². The van der Waals surface area contributed by atoms with Gasteiger partial charge in [-0.25, -0.2) is 4.39 Å². The topological polar surface area (TPSA) is 23.5 Å². The Morgan fingerprint density at radius 1 is 0.870 bits per heavy atom. The van der Waals surface area contributed by atoms with Gasteiger partial charge in [0.25, 0.3) is 0 Å². The van der Waals surface area contributed by atoms with Gasteiger partial charge in [0.15, 0.2) is 0 Å². The second-order valence-electron chi connectivity index (χ2n) is 5.69. The maximum atomic E-state index is 13.8. The van der Waals surface area contributed by atoms with Crippen LogP contribution in [0.3, 0.4) is 0 Å². The summed E-state index contributed by atoms with van der Waals surface area (Å²) in [7, 11) is 3.35. The highest BCUT2D eigenvalue weighted by Gasteiger charge is 2.73. The zero-order valence-electron chi connectivity index (χ0n) is 12.6. The van der Waals surface area contributed by atoms with E-state index in [1.54, 1.807) is 19.0 Å². The molecule has 1 unspecified atom stereocenters. The molecule has 0 fully saturated rings. The lowest BCUT2D eigenvalue weighted by molar-refractivity contribution is -0.352. The average molecular weight is 347 g/mol. The standard InChI is InChI=1S/C14H16F7NO/c1-11(23,9-4-6-10(7-5-9)22(2)3)8-12(15,13(16,17)18)14(19,20)21/h4-7,23H,8H2,1-3H3. The summed E-state index contributed by atoms with van der Waals surface area (Å²) in [5.74, 6) is 0. The van der Waals surface area contributed by atoms with Gasteiger partial charge in [0.1, 0.15) is 0 Å². The molecule has 0 radical (unpaired) electrons. The zero-order valence-corrected chi connectivity index (χ0v) is 12.6. The average Bonchev–Trinajstić information content (AvgIpc) is 2.35. The van der Waals surface area contributed by atoms with E-state index in [-0.39, 0.29) is 5.56 Å². The van der Waals surface area contributed by atoms with Crippen molar-refractivity contribution in [1.29, 1.82) is 0 Å². The van der Waals surface area contributed by atoms with Gasteiger partial charge in [-0.3, -0.25) is 0 Å². The van der Waals surface area contributed by atoms with E-state index in [4.69, 9.17) is 0 Å². The first-order valence-electron chi connectivity index (χ1n) is 6.44. The monoisotopic (exact) mass is 347 g/mol. The summed E-state index contributed by atoms with van der Waals surface area (Å²) in [6.07, 6.45) is -14.6. The fourth-order valence-electron chi connectivity index (χ4n) is 2.06. The van der Waals surface area contributed by atoms with Crippen molar-refractivity contribution in [3.8, 4) is 0 Å². The van der Waals surface area contributed by atoms with Crippen LogP contribution < -0.4 is 4.90 Å². The summed E-state index contributed by atoms with van der Waals surface area (Å²) in [6, 6.07) is 5.10. The number of alkyl halides is 7. The Hall–Kier alpha value is -1.51. The molecule has 1 rings (SSSR count). The molecule has 0 spiro atoms. The predicted molar refractivity (Wildman–Crippen MR) is 70.9 cm³/mol. The Kier molecular flexibility index (Phi) is 4.97. The van der Waals surface area contributed by atoms with Gasteiger partial charge in [-0.2, -0.15) is 26.3 Å². The molecule has 0 saturated heterocycles. The van der Waals surface area contributed by atoms with Crippen LogP contribution in [-0.4, -0.2) is 37.2 Å². The van der Waals surface area contributed by atoms with E-state index in [1.165, 1.54) is 12.1 Å². The largest absolute Gasteiger partial charge is 0.431 e. The minimum atomic E-state index is -6.20. The van der Waals surface area contributed by atoms with E-state index >= 15 is 0 Å². The molecule has 1 aromatic rings. The summed E-state index contributed by atoms with van der Waals surface area (Å²) in [4.78, 5) is 1.64. The lowest BCUT2D eigenvalue weighted by atomic mass is 9.83. The first-order valence-corrected chi connectivity index (χ1v) is 6.44. The second-order valence-corrected chi connectivity index (χ2v) is 5.69. The first kappa shape index (κ1) is 19.5. The highest BCUT2D eigenvalue weighted by molar-refractivity contribution is 5.47. The Bertz CT molecular complexity index is 518. The van der Waals surface area contributed by atoms with Crippen LogP contribution in [0.25, 0.3) is 0 Å². The minimum absolute atomic E-state index is 0.251. The maximum absolute atomic E-state index is 13.8. The number of benzene rings is 1. The van der Waals surface area contributed by atoms with Gasteiger partial charge < -0.3 is 10.0 Å². The molecule has 0 aliphatic carbocycles. The number of rotatable bonds is 4. The number of nitrogens with zero attached hydrogens (tertiary/aromatic N) is 1.